The molecule has 0 aliphatic rings. The summed E-state index contributed by atoms with van der Waals surface area (Å²) in [7, 11) is 0. The number of nitrogens with zero attached hydrogens (tertiary/aromatic N) is 4. The molecule has 158 valence electrons. The normalized spacial score (nSPS) is 12.2. The van der Waals surface area contributed by atoms with Gasteiger partial charge in [-0.2, -0.15) is 9.49 Å². The van der Waals surface area contributed by atoms with Crippen molar-refractivity contribution in [2.75, 3.05) is 0 Å². The molecule has 0 bridgehead atoms. The van der Waals surface area contributed by atoms with Crippen LogP contribution in [0.1, 0.15) is 51.6 Å². The highest BCUT2D eigenvalue weighted by atomic mass is 19.1. The lowest BCUT2D eigenvalue weighted by atomic mass is 9.84. The number of hydrogen-bond acceptors (Lipinski definition) is 3. The van der Waals surface area contributed by atoms with E-state index in [2.05, 4.69) is 63.9 Å². The molecule has 4 rings (SSSR count). The van der Waals surface area contributed by atoms with Gasteiger partial charge in [-0.15, -0.1) is 0 Å². The van der Waals surface area contributed by atoms with E-state index < -0.39 is 11.4 Å². The summed E-state index contributed by atoms with van der Waals surface area (Å²) in [5.41, 5.74) is 5.39. The monoisotopic (exact) mass is 414 g/mol. The molecule has 0 unspecified atom stereocenters. The highest BCUT2D eigenvalue weighted by Gasteiger charge is 2.28. The molecular weight excluding hydrogens is 387 g/mol. The molecule has 0 amide bonds. The molecule has 3 heterocycles. The zero-order chi connectivity index (χ0) is 22.2. The Morgan fingerprint density at radius 3 is 2.35 bits per heavy atom. The van der Waals surface area contributed by atoms with Gasteiger partial charge in [-0.3, -0.25) is 4.98 Å². The van der Waals surface area contributed by atoms with Gasteiger partial charge in [0.05, 0.1) is 28.2 Å². The van der Waals surface area contributed by atoms with E-state index in [0.717, 1.165) is 22.6 Å². The first-order valence-corrected chi connectivity index (χ1v) is 10.4. The quantitative estimate of drug-likeness (QED) is 0.380. The van der Waals surface area contributed by atoms with Crippen molar-refractivity contribution in [3.05, 3.63) is 96.0 Å². The van der Waals surface area contributed by atoms with Crippen molar-refractivity contribution in [2.45, 2.75) is 45.4 Å². The van der Waals surface area contributed by atoms with Crippen LogP contribution in [0.15, 0.2) is 73.1 Å². The van der Waals surface area contributed by atoms with Gasteiger partial charge in [0.1, 0.15) is 0 Å². The molecule has 4 aromatic rings. The molecule has 3 aromatic heterocycles. The maximum atomic E-state index is 13.5. The highest BCUT2D eigenvalue weighted by molar-refractivity contribution is 5.61. The van der Waals surface area contributed by atoms with E-state index in [9.17, 15) is 4.39 Å². The van der Waals surface area contributed by atoms with E-state index in [0.29, 0.717) is 5.69 Å². The largest absolute Gasteiger partial charge is 0.252 e. The van der Waals surface area contributed by atoms with Gasteiger partial charge in [0.2, 0.25) is 5.95 Å². The summed E-state index contributed by atoms with van der Waals surface area (Å²) in [6, 6.07) is 19.7. The fraction of sp³-hybridized carbons (Fsp3) is 0.269. The van der Waals surface area contributed by atoms with E-state index >= 15 is 0 Å². The Morgan fingerprint density at radius 1 is 0.839 bits per heavy atom. The van der Waals surface area contributed by atoms with Gasteiger partial charge in [-0.25, -0.2) is 9.67 Å². The molecule has 0 atom stereocenters. The van der Waals surface area contributed by atoms with Gasteiger partial charge < -0.3 is 0 Å². The number of pyridine rings is 2. The summed E-state index contributed by atoms with van der Waals surface area (Å²) in [4.78, 5) is 8.60. The van der Waals surface area contributed by atoms with Gasteiger partial charge in [-0.05, 0) is 55.2 Å². The molecule has 0 radical (unpaired) electrons. The third kappa shape index (κ3) is 4.26. The molecule has 0 aliphatic heterocycles. The summed E-state index contributed by atoms with van der Waals surface area (Å²) in [5, 5.41) is 4.70. The predicted molar refractivity (Wildman–Crippen MR) is 122 cm³/mol. The molecule has 0 fully saturated rings. The maximum Gasteiger partial charge on any atom is 0.214 e. The van der Waals surface area contributed by atoms with Crippen molar-refractivity contribution < 1.29 is 4.39 Å². The fourth-order valence-corrected chi connectivity index (χ4v) is 3.56. The van der Waals surface area contributed by atoms with E-state index in [1.54, 1.807) is 10.7 Å². The minimum absolute atomic E-state index is 0.0756. The van der Waals surface area contributed by atoms with Crippen LogP contribution in [0, 0.1) is 5.95 Å². The zero-order valence-electron chi connectivity index (χ0n) is 18.6. The van der Waals surface area contributed by atoms with Gasteiger partial charge in [0, 0.05) is 24.0 Å². The summed E-state index contributed by atoms with van der Waals surface area (Å²) in [5.74, 6) is -0.527. The van der Waals surface area contributed by atoms with Crippen LogP contribution in [0.4, 0.5) is 4.39 Å². The Morgan fingerprint density at radius 2 is 1.61 bits per heavy atom. The fourth-order valence-electron chi connectivity index (χ4n) is 3.56. The maximum absolute atomic E-state index is 13.5. The van der Waals surface area contributed by atoms with Crippen LogP contribution in [0.25, 0.3) is 16.9 Å². The topological polar surface area (TPSA) is 43.6 Å². The van der Waals surface area contributed by atoms with E-state index in [-0.39, 0.29) is 5.41 Å². The van der Waals surface area contributed by atoms with Gasteiger partial charge in [-0.1, -0.05) is 45.0 Å². The molecule has 0 aliphatic carbocycles. The Hall–Kier alpha value is -3.34. The van der Waals surface area contributed by atoms with E-state index in [4.69, 9.17) is 10.1 Å². The van der Waals surface area contributed by atoms with Crippen LogP contribution < -0.4 is 0 Å². The Kier molecular flexibility index (Phi) is 5.21. The van der Waals surface area contributed by atoms with Gasteiger partial charge in [0.25, 0.3) is 0 Å². The minimum Gasteiger partial charge on any atom is -0.252 e. The zero-order valence-corrected chi connectivity index (χ0v) is 18.6. The van der Waals surface area contributed by atoms with Crippen molar-refractivity contribution in [1.29, 1.82) is 0 Å². The molecule has 0 spiro atoms. The average Bonchev–Trinajstić information content (AvgIpc) is 3.25. The molecule has 4 nitrogen and oxygen atoms in total. The summed E-state index contributed by atoms with van der Waals surface area (Å²) in [6.07, 6.45) is 3.27. The molecule has 0 saturated heterocycles. The van der Waals surface area contributed by atoms with Crippen LogP contribution in [0.3, 0.4) is 0 Å². The number of hydrogen-bond donors (Lipinski definition) is 0. The van der Waals surface area contributed by atoms with Crippen LogP contribution >= 0.6 is 0 Å². The summed E-state index contributed by atoms with van der Waals surface area (Å²) >= 11 is 0. The lowest BCUT2D eigenvalue weighted by molar-refractivity contribution is 0.576. The van der Waals surface area contributed by atoms with Gasteiger partial charge in [0.15, 0.2) is 0 Å². The van der Waals surface area contributed by atoms with Crippen molar-refractivity contribution in [2.24, 2.45) is 0 Å². The second-order valence-electron chi connectivity index (χ2n) is 9.35. The molecular formula is C26H27FN4. The lowest BCUT2D eigenvalue weighted by Crippen LogP contribution is -2.22. The molecule has 1 aromatic carbocycles. The Labute approximate surface area is 182 Å². The van der Waals surface area contributed by atoms with E-state index in [1.165, 1.54) is 17.8 Å². The molecule has 0 N–H and O–H groups in total. The van der Waals surface area contributed by atoms with Crippen LogP contribution in [-0.4, -0.2) is 19.7 Å². The van der Waals surface area contributed by atoms with Crippen LogP contribution in [0.2, 0.25) is 0 Å². The summed E-state index contributed by atoms with van der Waals surface area (Å²) < 4.78 is 15.2. The third-order valence-corrected chi connectivity index (χ3v) is 5.62. The SMILES string of the molecule is CC(C)(C)c1cccc(-c2cccc(C(C)(C)c3ccn(-c4ccnc(F)c4)n3)n2)c1. The second-order valence-corrected chi connectivity index (χ2v) is 9.35. The first-order chi connectivity index (χ1) is 14.6. The third-order valence-electron chi connectivity index (χ3n) is 5.62. The molecule has 0 saturated carbocycles. The smallest absolute Gasteiger partial charge is 0.214 e. The standard InChI is InChI=1S/C26H27FN4/c1-25(2,3)19-9-6-8-18(16-19)21-10-7-11-22(29-21)26(4,5)23-13-15-31(30-23)20-12-14-28-24(27)17-20/h6-17H,1-5H3. The van der Waals surface area contributed by atoms with Crippen molar-refractivity contribution >= 4 is 0 Å². The van der Waals surface area contributed by atoms with Crippen LogP contribution in [0.5, 0.6) is 0 Å². The average molecular weight is 415 g/mol. The van der Waals surface area contributed by atoms with Crippen molar-refractivity contribution in [3.63, 3.8) is 0 Å². The lowest BCUT2D eigenvalue weighted by Gasteiger charge is -2.23. The number of rotatable bonds is 4. The minimum atomic E-state index is -0.527. The highest BCUT2D eigenvalue weighted by Crippen LogP contribution is 2.32. The van der Waals surface area contributed by atoms with Gasteiger partial charge >= 0.3 is 0 Å². The number of halogens is 1. The first-order valence-electron chi connectivity index (χ1n) is 10.4. The Balaban J connectivity index is 1.69. The van der Waals surface area contributed by atoms with Crippen molar-refractivity contribution in [3.8, 4) is 16.9 Å². The van der Waals surface area contributed by atoms with Crippen LogP contribution in [-0.2, 0) is 10.8 Å². The molecule has 31 heavy (non-hydrogen) atoms. The Bertz CT molecular complexity index is 1220. The van der Waals surface area contributed by atoms with Crippen molar-refractivity contribution in [1.82, 2.24) is 19.7 Å². The molecule has 5 heteroatoms. The first kappa shape index (κ1) is 20.9. The predicted octanol–water partition coefficient (Wildman–Crippen LogP) is 6.09. The second kappa shape index (κ2) is 7.73. The number of aromatic nitrogens is 4. The van der Waals surface area contributed by atoms with E-state index in [1.807, 2.05) is 30.5 Å². The summed E-state index contributed by atoms with van der Waals surface area (Å²) in [6.45, 7) is 10.8. The number of benzene rings is 1.